The summed E-state index contributed by atoms with van der Waals surface area (Å²) in [6, 6.07) is 8.42. The molecule has 0 amide bonds. The molecule has 1 aliphatic rings. The minimum atomic E-state index is -1.48. The van der Waals surface area contributed by atoms with Crippen molar-refractivity contribution in [1.29, 1.82) is 0 Å². The fourth-order valence-electron chi connectivity index (χ4n) is 3.14. The van der Waals surface area contributed by atoms with Crippen LogP contribution < -0.4 is 0 Å². The molecule has 140 valence electrons. The smallest absolute Gasteiger partial charge is 0.338 e. The van der Waals surface area contributed by atoms with E-state index in [4.69, 9.17) is 21.1 Å². The number of carbonyl (C=O) groups is 1. The van der Waals surface area contributed by atoms with Gasteiger partial charge in [-0.25, -0.2) is 24.1 Å². The van der Waals surface area contributed by atoms with Gasteiger partial charge in [-0.2, -0.15) is 0 Å². The van der Waals surface area contributed by atoms with Crippen molar-refractivity contribution in [3.8, 4) is 0 Å². The minimum Gasteiger partial charge on any atom is -0.451 e. The van der Waals surface area contributed by atoms with E-state index in [1.165, 1.54) is 17.2 Å². The summed E-state index contributed by atoms with van der Waals surface area (Å²) in [6.07, 6.45) is -1.10. The van der Waals surface area contributed by atoms with Gasteiger partial charge in [-0.15, -0.1) is 0 Å². The van der Waals surface area contributed by atoms with Crippen LogP contribution in [-0.2, 0) is 9.47 Å². The van der Waals surface area contributed by atoms with Crippen LogP contribution in [0.3, 0.4) is 0 Å². The number of esters is 1. The zero-order valence-electron chi connectivity index (χ0n) is 14.3. The van der Waals surface area contributed by atoms with Crippen LogP contribution in [0.15, 0.2) is 43.0 Å². The van der Waals surface area contributed by atoms with Crippen LogP contribution >= 0.6 is 11.6 Å². The van der Waals surface area contributed by atoms with Crippen LogP contribution in [0.5, 0.6) is 0 Å². The molecular formula is C18H16ClFN4O3. The first-order valence-electron chi connectivity index (χ1n) is 8.48. The fourth-order valence-corrected chi connectivity index (χ4v) is 3.32. The van der Waals surface area contributed by atoms with E-state index < -0.39 is 30.6 Å². The summed E-state index contributed by atoms with van der Waals surface area (Å²) in [7, 11) is 0. The third-order valence-corrected chi connectivity index (χ3v) is 4.78. The van der Waals surface area contributed by atoms with Gasteiger partial charge in [0.05, 0.1) is 18.0 Å². The summed E-state index contributed by atoms with van der Waals surface area (Å²) in [5.74, 6) is -0.620. The number of fused-ring (bicyclic) bond motifs is 1. The van der Waals surface area contributed by atoms with Crippen molar-refractivity contribution < 1.29 is 18.7 Å². The molecule has 0 unspecified atom stereocenters. The Labute approximate surface area is 159 Å². The second kappa shape index (κ2) is 7.21. The highest BCUT2D eigenvalue weighted by atomic mass is 35.5. The van der Waals surface area contributed by atoms with Crippen molar-refractivity contribution >= 4 is 28.7 Å². The number of hydrogen-bond donors (Lipinski definition) is 0. The van der Waals surface area contributed by atoms with Crippen molar-refractivity contribution in [2.75, 3.05) is 0 Å². The van der Waals surface area contributed by atoms with Crippen LogP contribution in [0.25, 0.3) is 11.2 Å². The first-order chi connectivity index (χ1) is 13.1. The number of imidazole rings is 1. The zero-order valence-corrected chi connectivity index (χ0v) is 15.1. The van der Waals surface area contributed by atoms with Gasteiger partial charge in [0.2, 0.25) is 0 Å². The number of carbonyl (C=O) groups excluding carboxylic acids is 1. The molecule has 0 spiro atoms. The van der Waals surface area contributed by atoms with E-state index in [0.717, 1.165) is 0 Å². The summed E-state index contributed by atoms with van der Waals surface area (Å²) in [5, 5.41) is 0.179. The molecule has 7 nitrogen and oxygen atoms in total. The van der Waals surface area contributed by atoms with Crippen LogP contribution in [0.4, 0.5) is 4.39 Å². The molecule has 0 N–H and O–H groups in total. The SMILES string of the molecule is CC[C@H]1O[C@@H](n2cnc3c(Cl)ncnc32)[C@H](OC(=O)c2ccccc2)[C@@H]1F. The fraction of sp³-hybridized carbons (Fsp3) is 0.333. The normalized spacial score (nSPS) is 25.0. The van der Waals surface area contributed by atoms with Crippen LogP contribution in [0.1, 0.15) is 29.9 Å². The number of hydrogen-bond acceptors (Lipinski definition) is 6. The van der Waals surface area contributed by atoms with Gasteiger partial charge in [-0.3, -0.25) is 4.57 Å². The highest BCUT2D eigenvalue weighted by Gasteiger charge is 2.48. The summed E-state index contributed by atoms with van der Waals surface area (Å²) in [5.41, 5.74) is 1.08. The molecule has 0 bridgehead atoms. The van der Waals surface area contributed by atoms with Crippen LogP contribution in [-0.4, -0.2) is 43.9 Å². The van der Waals surface area contributed by atoms with E-state index in [1.54, 1.807) is 37.3 Å². The monoisotopic (exact) mass is 390 g/mol. The lowest BCUT2D eigenvalue weighted by atomic mass is 10.1. The van der Waals surface area contributed by atoms with Crippen molar-refractivity contribution in [2.24, 2.45) is 0 Å². The first kappa shape index (κ1) is 17.8. The molecular weight excluding hydrogens is 375 g/mol. The van der Waals surface area contributed by atoms with Crippen LogP contribution in [0, 0.1) is 0 Å². The number of benzene rings is 1. The second-order valence-corrected chi connectivity index (χ2v) is 6.50. The Hall–Kier alpha value is -2.58. The van der Waals surface area contributed by atoms with Gasteiger partial charge >= 0.3 is 5.97 Å². The number of aromatic nitrogens is 4. The average Bonchev–Trinajstić information content (AvgIpc) is 3.25. The minimum absolute atomic E-state index is 0.179. The van der Waals surface area contributed by atoms with Gasteiger partial charge in [-0.1, -0.05) is 36.7 Å². The summed E-state index contributed by atoms with van der Waals surface area (Å²) in [4.78, 5) is 24.7. The predicted octanol–water partition coefficient (Wildman–Crippen LogP) is 3.35. The van der Waals surface area contributed by atoms with Crippen LogP contribution in [0.2, 0.25) is 5.15 Å². The van der Waals surface area contributed by atoms with Gasteiger partial charge < -0.3 is 9.47 Å². The van der Waals surface area contributed by atoms with Crippen molar-refractivity contribution in [3.63, 3.8) is 0 Å². The lowest BCUT2D eigenvalue weighted by Crippen LogP contribution is -2.33. The first-order valence-corrected chi connectivity index (χ1v) is 8.86. The van der Waals surface area contributed by atoms with Crippen molar-refractivity contribution in [1.82, 2.24) is 19.5 Å². The topological polar surface area (TPSA) is 79.1 Å². The maximum absolute atomic E-state index is 15.0. The molecule has 9 heteroatoms. The predicted molar refractivity (Wildman–Crippen MR) is 95.1 cm³/mol. The molecule has 1 aliphatic heterocycles. The molecule has 2 aromatic heterocycles. The highest BCUT2D eigenvalue weighted by Crippen LogP contribution is 2.37. The number of nitrogens with zero attached hydrogens (tertiary/aromatic N) is 4. The molecule has 0 saturated carbocycles. The second-order valence-electron chi connectivity index (χ2n) is 6.14. The maximum atomic E-state index is 15.0. The van der Waals surface area contributed by atoms with E-state index in [2.05, 4.69) is 15.0 Å². The Morgan fingerprint density at radius 2 is 2.07 bits per heavy atom. The molecule has 1 fully saturated rings. The third-order valence-electron chi connectivity index (χ3n) is 4.51. The standard InChI is InChI=1S/C18H16ClFN4O3/c1-2-11-12(20)14(27-18(25)10-6-4-3-5-7-10)17(26-11)24-9-23-13-15(19)21-8-22-16(13)24/h3-9,11-12,14,17H,2H2,1H3/t11-,12-,14-,17-/m1/s1. The number of halogens is 2. The largest absolute Gasteiger partial charge is 0.451 e. The molecule has 3 aromatic rings. The Morgan fingerprint density at radius 1 is 1.30 bits per heavy atom. The van der Waals surface area contributed by atoms with Crippen molar-refractivity contribution in [2.45, 2.75) is 38.0 Å². The number of alkyl halides is 1. The van der Waals surface area contributed by atoms with Gasteiger partial charge in [0.15, 0.2) is 29.3 Å². The van der Waals surface area contributed by atoms with Gasteiger partial charge in [-0.05, 0) is 18.6 Å². The Bertz CT molecular complexity index is 968. The van der Waals surface area contributed by atoms with Gasteiger partial charge in [0.1, 0.15) is 11.8 Å². The maximum Gasteiger partial charge on any atom is 0.338 e. The van der Waals surface area contributed by atoms with E-state index >= 15 is 0 Å². The lowest BCUT2D eigenvalue weighted by molar-refractivity contribution is -0.0471. The molecule has 0 radical (unpaired) electrons. The Balaban J connectivity index is 1.69. The van der Waals surface area contributed by atoms with Gasteiger partial charge in [0, 0.05) is 0 Å². The van der Waals surface area contributed by atoms with Crippen molar-refractivity contribution in [3.05, 3.63) is 53.7 Å². The van der Waals surface area contributed by atoms with E-state index in [1.807, 2.05) is 0 Å². The molecule has 1 saturated heterocycles. The quantitative estimate of drug-likeness (QED) is 0.502. The summed E-state index contributed by atoms with van der Waals surface area (Å²) < 4.78 is 27.8. The summed E-state index contributed by atoms with van der Waals surface area (Å²) in [6.45, 7) is 1.81. The van der Waals surface area contributed by atoms with Gasteiger partial charge in [0.25, 0.3) is 0 Å². The summed E-state index contributed by atoms with van der Waals surface area (Å²) >= 11 is 6.04. The highest BCUT2D eigenvalue weighted by molar-refractivity contribution is 6.33. The van der Waals surface area contributed by atoms with E-state index in [-0.39, 0.29) is 5.15 Å². The Morgan fingerprint density at radius 3 is 2.81 bits per heavy atom. The number of rotatable bonds is 4. The molecule has 27 heavy (non-hydrogen) atoms. The van der Waals surface area contributed by atoms with E-state index in [0.29, 0.717) is 23.1 Å². The molecule has 4 rings (SSSR count). The third kappa shape index (κ3) is 3.15. The van der Waals surface area contributed by atoms with E-state index in [9.17, 15) is 9.18 Å². The molecule has 4 atom stereocenters. The average molecular weight is 391 g/mol. The molecule has 0 aliphatic carbocycles. The number of ether oxygens (including phenoxy) is 2. The lowest BCUT2D eigenvalue weighted by Gasteiger charge is -2.21. The molecule has 1 aromatic carbocycles. The molecule has 3 heterocycles. The zero-order chi connectivity index (χ0) is 19.0. The Kier molecular flexibility index (Phi) is 4.75.